The summed E-state index contributed by atoms with van der Waals surface area (Å²) in [6.07, 6.45) is 0. The SMILES string of the molecule is COc1ccc(S(=O)(=O)N(C)CC(=O)NCCN(C)C)cc1OC. The highest BCUT2D eigenvalue weighted by atomic mass is 32.2. The first-order valence-electron chi connectivity index (χ1n) is 7.32. The van der Waals surface area contributed by atoms with Gasteiger partial charge < -0.3 is 19.7 Å². The van der Waals surface area contributed by atoms with Crippen molar-refractivity contribution in [3.63, 3.8) is 0 Å². The largest absolute Gasteiger partial charge is 0.493 e. The van der Waals surface area contributed by atoms with E-state index in [1.54, 1.807) is 0 Å². The number of nitrogens with one attached hydrogen (secondary N) is 1. The van der Waals surface area contributed by atoms with Gasteiger partial charge in [0.05, 0.1) is 25.7 Å². The van der Waals surface area contributed by atoms with Gasteiger partial charge in [0.1, 0.15) is 0 Å². The monoisotopic (exact) mass is 359 g/mol. The highest BCUT2D eigenvalue weighted by molar-refractivity contribution is 7.89. The van der Waals surface area contributed by atoms with Crippen LogP contribution in [0.1, 0.15) is 0 Å². The van der Waals surface area contributed by atoms with Crippen molar-refractivity contribution in [2.75, 3.05) is 55.0 Å². The van der Waals surface area contributed by atoms with Crippen molar-refractivity contribution in [1.82, 2.24) is 14.5 Å². The van der Waals surface area contributed by atoms with Crippen molar-refractivity contribution >= 4 is 15.9 Å². The third-order valence-electron chi connectivity index (χ3n) is 3.31. The molecule has 1 aromatic carbocycles. The van der Waals surface area contributed by atoms with E-state index in [1.807, 2.05) is 19.0 Å². The first kappa shape index (κ1) is 20.2. The number of nitrogens with zero attached hydrogens (tertiary/aromatic N) is 2. The second kappa shape index (κ2) is 8.86. The minimum atomic E-state index is -3.81. The Labute approximate surface area is 143 Å². The molecule has 0 bridgehead atoms. The van der Waals surface area contributed by atoms with E-state index >= 15 is 0 Å². The van der Waals surface area contributed by atoms with Crippen molar-refractivity contribution in [3.8, 4) is 11.5 Å². The van der Waals surface area contributed by atoms with Gasteiger partial charge in [-0.3, -0.25) is 4.79 Å². The lowest BCUT2D eigenvalue weighted by atomic mass is 10.3. The molecule has 1 aromatic rings. The molecule has 9 heteroatoms. The van der Waals surface area contributed by atoms with Crippen LogP contribution in [0.15, 0.2) is 23.1 Å². The first-order valence-corrected chi connectivity index (χ1v) is 8.76. The first-order chi connectivity index (χ1) is 11.2. The lowest BCUT2D eigenvalue weighted by Gasteiger charge is -2.18. The van der Waals surface area contributed by atoms with Gasteiger partial charge in [0.15, 0.2) is 11.5 Å². The highest BCUT2D eigenvalue weighted by Crippen LogP contribution is 2.30. The van der Waals surface area contributed by atoms with Crippen LogP contribution in [0.3, 0.4) is 0 Å². The molecule has 1 rings (SSSR count). The predicted octanol–water partition coefficient (Wildman–Crippen LogP) is 0.00210. The zero-order chi connectivity index (χ0) is 18.3. The van der Waals surface area contributed by atoms with E-state index in [-0.39, 0.29) is 17.3 Å². The molecule has 0 radical (unpaired) electrons. The quantitative estimate of drug-likeness (QED) is 0.668. The number of methoxy groups -OCH3 is 2. The average molecular weight is 359 g/mol. The fourth-order valence-electron chi connectivity index (χ4n) is 1.92. The van der Waals surface area contributed by atoms with Crippen molar-refractivity contribution in [2.24, 2.45) is 0 Å². The van der Waals surface area contributed by atoms with Gasteiger partial charge in [0.2, 0.25) is 15.9 Å². The van der Waals surface area contributed by atoms with Crippen LogP contribution in [0.4, 0.5) is 0 Å². The molecule has 1 N–H and O–H groups in total. The number of rotatable bonds is 9. The van der Waals surface area contributed by atoms with E-state index in [2.05, 4.69) is 5.32 Å². The molecule has 0 aliphatic heterocycles. The molecule has 0 aliphatic rings. The Bertz CT molecular complexity index is 661. The Balaban J connectivity index is 2.82. The lowest BCUT2D eigenvalue weighted by Crippen LogP contribution is -2.40. The molecular weight excluding hydrogens is 334 g/mol. The molecule has 0 fully saturated rings. The maximum Gasteiger partial charge on any atom is 0.243 e. The summed E-state index contributed by atoms with van der Waals surface area (Å²) in [7, 11) is 4.22. The summed E-state index contributed by atoms with van der Waals surface area (Å²) in [6.45, 7) is 0.873. The minimum absolute atomic E-state index is 0.0312. The number of ether oxygens (including phenoxy) is 2. The van der Waals surface area contributed by atoms with Crippen LogP contribution in [0.2, 0.25) is 0 Å². The number of carbonyl (C=O) groups is 1. The standard InChI is InChI=1S/C15H25N3O5S/c1-17(2)9-8-16-15(19)11-18(3)24(20,21)12-6-7-13(22-4)14(10-12)23-5/h6-7,10H,8-9,11H2,1-5H3,(H,16,19). The zero-order valence-electron chi connectivity index (χ0n) is 14.7. The zero-order valence-corrected chi connectivity index (χ0v) is 15.5. The van der Waals surface area contributed by atoms with E-state index in [4.69, 9.17) is 9.47 Å². The van der Waals surface area contributed by atoms with E-state index in [0.717, 1.165) is 4.31 Å². The number of carbonyl (C=O) groups excluding carboxylic acids is 1. The summed E-state index contributed by atoms with van der Waals surface area (Å²) < 4.78 is 36.3. The molecule has 0 atom stereocenters. The molecule has 0 spiro atoms. The number of amides is 1. The second-order valence-corrected chi connectivity index (χ2v) is 7.48. The molecule has 136 valence electrons. The minimum Gasteiger partial charge on any atom is -0.493 e. The van der Waals surface area contributed by atoms with Gasteiger partial charge in [-0.1, -0.05) is 0 Å². The summed E-state index contributed by atoms with van der Waals surface area (Å²) in [4.78, 5) is 13.8. The second-order valence-electron chi connectivity index (χ2n) is 5.43. The van der Waals surface area contributed by atoms with Crippen LogP contribution in [0.25, 0.3) is 0 Å². The van der Waals surface area contributed by atoms with Crippen LogP contribution < -0.4 is 14.8 Å². The van der Waals surface area contributed by atoms with Crippen LogP contribution in [0.5, 0.6) is 11.5 Å². The van der Waals surface area contributed by atoms with Crippen LogP contribution in [-0.4, -0.2) is 78.5 Å². The maximum atomic E-state index is 12.6. The van der Waals surface area contributed by atoms with Gasteiger partial charge in [-0.25, -0.2) is 8.42 Å². The van der Waals surface area contributed by atoms with E-state index in [0.29, 0.717) is 24.6 Å². The fourth-order valence-corrected chi connectivity index (χ4v) is 3.06. The molecule has 1 amide bonds. The highest BCUT2D eigenvalue weighted by Gasteiger charge is 2.24. The summed E-state index contributed by atoms with van der Waals surface area (Å²) in [5.41, 5.74) is 0. The van der Waals surface area contributed by atoms with Crippen molar-refractivity contribution in [2.45, 2.75) is 4.90 Å². The Morgan fingerprint density at radius 3 is 2.29 bits per heavy atom. The molecule has 0 unspecified atom stereocenters. The number of likely N-dealkylation sites (N-methyl/N-ethyl adjacent to an activating group) is 2. The van der Waals surface area contributed by atoms with Crippen LogP contribution in [0, 0.1) is 0 Å². The molecule has 0 heterocycles. The molecule has 0 aromatic heterocycles. The average Bonchev–Trinajstić information content (AvgIpc) is 2.53. The van der Waals surface area contributed by atoms with Crippen LogP contribution >= 0.6 is 0 Å². The molecule has 8 nitrogen and oxygen atoms in total. The fraction of sp³-hybridized carbons (Fsp3) is 0.533. The van der Waals surface area contributed by atoms with Gasteiger partial charge in [0, 0.05) is 26.2 Å². The van der Waals surface area contributed by atoms with Gasteiger partial charge in [-0.2, -0.15) is 4.31 Å². The Morgan fingerprint density at radius 1 is 1.12 bits per heavy atom. The third-order valence-corrected chi connectivity index (χ3v) is 5.11. The van der Waals surface area contributed by atoms with E-state index in [1.165, 1.54) is 39.5 Å². The Hall–Kier alpha value is -1.84. The van der Waals surface area contributed by atoms with Gasteiger partial charge in [-0.15, -0.1) is 0 Å². The van der Waals surface area contributed by atoms with Crippen molar-refractivity contribution in [3.05, 3.63) is 18.2 Å². The van der Waals surface area contributed by atoms with Gasteiger partial charge >= 0.3 is 0 Å². The third kappa shape index (κ3) is 5.36. The van der Waals surface area contributed by atoms with Crippen molar-refractivity contribution < 1.29 is 22.7 Å². The topological polar surface area (TPSA) is 88.2 Å². The molecule has 0 aliphatic carbocycles. The number of hydrogen-bond acceptors (Lipinski definition) is 6. The normalized spacial score (nSPS) is 11.6. The molecule has 24 heavy (non-hydrogen) atoms. The molecular formula is C15H25N3O5S. The smallest absolute Gasteiger partial charge is 0.243 e. The predicted molar refractivity (Wildman–Crippen MR) is 90.9 cm³/mol. The number of hydrogen-bond donors (Lipinski definition) is 1. The molecule has 0 saturated carbocycles. The lowest BCUT2D eigenvalue weighted by molar-refractivity contribution is -0.121. The maximum absolute atomic E-state index is 12.6. The summed E-state index contributed by atoms with van der Waals surface area (Å²) in [5.74, 6) is 0.381. The molecule has 0 saturated heterocycles. The Kier molecular flexibility index (Phi) is 7.46. The Morgan fingerprint density at radius 2 is 1.75 bits per heavy atom. The van der Waals surface area contributed by atoms with Crippen molar-refractivity contribution in [1.29, 1.82) is 0 Å². The summed E-state index contributed by atoms with van der Waals surface area (Å²) in [6, 6.07) is 4.29. The van der Waals surface area contributed by atoms with E-state index in [9.17, 15) is 13.2 Å². The number of benzene rings is 1. The van der Waals surface area contributed by atoms with Gasteiger partial charge in [0.25, 0.3) is 0 Å². The number of sulfonamides is 1. The summed E-state index contributed by atoms with van der Waals surface area (Å²) >= 11 is 0. The van der Waals surface area contributed by atoms with Crippen LogP contribution in [-0.2, 0) is 14.8 Å². The van der Waals surface area contributed by atoms with E-state index < -0.39 is 10.0 Å². The van der Waals surface area contributed by atoms with Gasteiger partial charge in [-0.05, 0) is 26.2 Å². The summed E-state index contributed by atoms with van der Waals surface area (Å²) in [5, 5.41) is 2.68.